The number of nitrogens with zero attached hydrogens (tertiary/aromatic N) is 3. The van der Waals surface area contributed by atoms with E-state index >= 15 is 0 Å². The van der Waals surface area contributed by atoms with E-state index in [1.54, 1.807) is 42.7 Å². The van der Waals surface area contributed by atoms with Gasteiger partial charge in [-0.1, -0.05) is 13.8 Å². The highest BCUT2D eigenvalue weighted by molar-refractivity contribution is 7.89. The summed E-state index contributed by atoms with van der Waals surface area (Å²) in [6.45, 7) is 5.07. The third-order valence-electron chi connectivity index (χ3n) is 3.27. The Morgan fingerprint density at radius 2 is 1.64 bits per heavy atom. The van der Waals surface area contributed by atoms with Gasteiger partial charge in [-0.2, -0.15) is 4.31 Å². The van der Waals surface area contributed by atoms with E-state index in [4.69, 9.17) is 0 Å². The Morgan fingerprint density at radius 1 is 1.05 bits per heavy atom. The van der Waals surface area contributed by atoms with E-state index in [-0.39, 0.29) is 0 Å². The minimum absolute atomic E-state index is 0.303. The molecule has 1 aromatic heterocycles. The minimum Gasteiger partial charge on any atom is -0.378 e. The lowest BCUT2D eigenvalue weighted by atomic mass is 10.3. The van der Waals surface area contributed by atoms with Gasteiger partial charge in [-0.15, -0.1) is 0 Å². The highest BCUT2D eigenvalue weighted by Crippen LogP contribution is 2.18. The van der Waals surface area contributed by atoms with Crippen molar-refractivity contribution in [3.05, 3.63) is 48.5 Å². The SMILES string of the molecule is CCN(CC)S(=O)(=O)c1ccc(NCc2ncccn2)cc1. The fraction of sp³-hybridized carbons (Fsp3) is 0.333. The number of anilines is 1. The van der Waals surface area contributed by atoms with Gasteiger partial charge in [-0.25, -0.2) is 18.4 Å². The quantitative estimate of drug-likeness (QED) is 0.846. The second kappa shape index (κ2) is 7.33. The summed E-state index contributed by atoms with van der Waals surface area (Å²) in [6.07, 6.45) is 3.37. The van der Waals surface area contributed by atoms with Crippen molar-refractivity contribution in [3.63, 3.8) is 0 Å². The van der Waals surface area contributed by atoms with Crippen LogP contribution >= 0.6 is 0 Å². The highest BCUT2D eigenvalue weighted by atomic mass is 32.2. The fourth-order valence-corrected chi connectivity index (χ4v) is 3.52. The van der Waals surface area contributed by atoms with Crippen LogP contribution in [-0.2, 0) is 16.6 Å². The number of sulfonamides is 1. The first-order valence-electron chi connectivity index (χ1n) is 7.18. The molecule has 0 fully saturated rings. The maximum absolute atomic E-state index is 12.4. The Morgan fingerprint density at radius 3 is 2.18 bits per heavy atom. The maximum Gasteiger partial charge on any atom is 0.243 e. The van der Waals surface area contributed by atoms with Gasteiger partial charge < -0.3 is 5.32 Å². The lowest BCUT2D eigenvalue weighted by Crippen LogP contribution is -2.30. The second-order valence-corrected chi connectivity index (χ2v) is 6.57. The van der Waals surface area contributed by atoms with E-state index in [1.807, 2.05) is 13.8 Å². The average molecular weight is 320 g/mol. The molecule has 1 aromatic carbocycles. The number of benzene rings is 1. The smallest absolute Gasteiger partial charge is 0.243 e. The standard InChI is InChI=1S/C15H20N4O2S/c1-3-19(4-2)22(20,21)14-8-6-13(7-9-14)18-12-15-16-10-5-11-17-15/h5-11,18H,3-4,12H2,1-2H3. The summed E-state index contributed by atoms with van der Waals surface area (Å²) in [5, 5.41) is 3.16. The zero-order chi connectivity index (χ0) is 16.0. The summed E-state index contributed by atoms with van der Waals surface area (Å²) in [5.74, 6) is 0.683. The van der Waals surface area contributed by atoms with Crippen LogP contribution in [0, 0.1) is 0 Å². The zero-order valence-electron chi connectivity index (χ0n) is 12.7. The minimum atomic E-state index is -3.40. The predicted octanol–water partition coefficient (Wildman–Crippen LogP) is 2.12. The van der Waals surface area contributed by atoms with Gasteiger partial charge in [-0.3, -0.25) is 0 Å². The van der Waals surface area contributed by atoms with Crippen LogP contribution in [0.2, 0.25) is 0 Å². The molecule has 0 saturated carbocycles. The molecule has 0 radical (unpaired) electrons. The van der Waals surface area contributed by atoms with Crippen molar-refractivity contribution < 1.29 is 8.42 Å². The zero-order valence-corrected chi connectivity index (χ0v) is 13.5. The molecule has 22 heavy (non-hydrogen) atoms. The molecular formula is C15H20N4O2S. The summed E-state index contributed by atoms with van der Waals surface area (Å²) >= 11 is 0. The monoisotopic (exact) mass is 320 g/mol. The van der Waals surface area contributed by atoms with E-state index < -0.39 is 10.0 Å². The van der Waals surface area contributed by atoms with Crippen LogP contribution in [0.4, 0.5) is 5.69 Å². The van der Waals surface area contributed by atoms with Crippen LogP contribution in [-0.4, -0.2) is 35.8 Å². The van der Waals surface area contributed by atoms with E-state index in [2.05, 4.69) is 15.3 Å². The number of rotatable bonds is 7. The molecule has 2 aromatic rings. The average Bonchev–Trinajstić information content (AvgIpc) is 2.55. The van der Waals surface area contributed by atoms with Crippen molar-refractivity contribution in [2.24, 2.45) is 0 Å². The Labute approximate surface area is 131 Å². The summed E-state index contributed by atoms with van der Waals surface area (Å²) in [7, 11) is -3.40. The molecule has 0 amide bonds. The molecule has 0 spiro atoms. The first kappa shape index (κ1) is 16.4. The van der Waals surface area contributed by atoms with Gasteiger partial charge in [0.05, 0.1) is 11.4 Å². The van der Waals surface area contributed by atoms with Crippen molar-refractivity contribution in [1.29, 1.82) is 0 Å². The van der Waals surface area contributed by atoms with Gasteiger partial charge in [0.15, 0.2) is 0 Å². The second-order valence-electron chi connectivity index (χ2n) is 4.63. The summed E-state index contributed by atoms with van der Waals surface area (Å²) in [4.78, 5) is 8.54. The normalized spacial score (nSPS) is 11.6. The Kier molecular flexibility index (Phi) is 5.46. The largest absolute Gasteiger partial charge is 0.378 e. The van der Waals surface area contributed by atoms with Crippen molar-refractivity contribution >= 4 is 15.7 Å². The van der Waals surface area contributed by atoms with E-state index in [1.165, 1.54) is 4.31 Å². The van der Waals surface area contributed by atoms with Crippen molar-refractivity contribution in [2.45, 2.75) is 25.3 Å². The van der Waals surface area contributed by atoms with Crippen LogP contribution in [0.3, 0.4) is 0 Å². The molecule has 0 unspecified atom stereocenters. The van der Waals surface area contributed by atoms with Crippen LogP contribution in [0.25, 0.3) is 0 Å². The number of nitrogens with one attached hydrogen (secondary N) is 1. The van der Waals surface area contributed by atoms with E-state index in [0.717, 1.165) is 5.69 Å². The fourth-order valence-electron chi connectivity index (χ4n) is 2.06. The molecule has 7 heteroatoms. The molecular weight excluding hydrogens is 300 g/mol. The lowest BCUT2D eigenvalue weighted by Gasteiger charge is -2.18. The van der Waals surface area contributed by atoms with Crippen LogP contribution < -0.4 is 5.32 Å². The van der Waals surface area contributed by atoms with Crippen molar-refractivity contribution in [1.82, 2.24) is 14.3 Å². The van der Waals surface area contributed by atoms with Crippen LogP contribution in [0.5, 0.6) is 0 Å². The van der Waals surface area contributed by atoms with Crippen LogP contribution in [0.1, 0.15) is 19.7 Å². The van der Waals surface area contributed by atoms with Crippen molar-refractivity contribution in [3.8, 4) is 0 Å². The van der Waals surface area contributed by atoms with Gasteiger partial charge in [-0.05, 0) is 30.3 Å². The van der Waals surface area contributed by atoms with Gasteiger partial charge in [0.2, 0.25) is 10.0 Å². The molecule has 0 bridgehead atoms. The van der Waals surface area contributed by atoms with Crippen LogP contribution in [0.15, 0.2) is 47.6 Å². The molecule has 1 heterocycles. The Balaban J connectivity index is 2.07. The summed E-state index contributed by atoms with van der Waals surface area (Å²) in [6, 6.07) is 8.48. The molecule has 0 aliphatic heterocycles. The first-order chi connectivity index (χ1) is 10.6. The number of aromatic nitrogens is 2. The van der Waals surface area contributed by atoms with Gasteiger partial charge in [0, 0.05) is 31.2 Å². The Hall–Kier alpha value is -1.99. The predicted molar refractivity (Wildman–Crippen MR) is 85.9 cm³/mol. The molecule has 1 N–H and O–H groups in total. The Bertz CT molecular complexity index is 683. The molecule has 2 rings (SSSR count). The first-order valence-corrected chi connectivity index (χ1v) is 8.62. The third-order valence-corrected chi connectivity index (χ3v) is 5.33. The molecule has 0 aliphatic rings. The van der Waals surface area contributed by atoms with E-state index in [9.17, 15) is 8.42 Å². The maximum atomic E-state index is 12.4. The van der Waals surface area contributed by atoms with Gasteiger partial charge >= 0.3 is 0 Å². The van der Waals surface area contributed by atoms with Crippen molar-refractivity contribution in [2.75, 3.05) is 18.4 Å². The summed E-state index contributed by atoms with van der Waals surface area (Å²) < 4.78 is 26.2. The molecule has 0 saturated heterocycles. The third kappa shape index (κ3) is 3.80. The number of hydrogen-bond donors (Lipinski definition) is 1. The van der Waals surface area contributed by atoms with Gasteiger partial charge in [0.1, 0.15) is 5.82 Å². The van der Waals surface area contributed by atoms with Gasteiger partial charge in [0.25, 0.3) is 0 Å². The molecule has 0 aliphatic carbocycles. The lowest BCUT2D eigenvalue weighted by molar-refractivity contribution is 0.445. The molecule has 118 valence electrons. The van der Waals surface area contributed by atoms with E-state index in [0.29, 0.717) is 30.4 Å². The highest BCUT2D eigenvalue weighted by Gasteiger charge is 2.20. The molecule has 0 atom stereocenters. The number of hydrogen-bond acceptors (Lipinski definition) is 5. The molecule has 6 nitrogen and oxygen atoms in total. The summed E-state index contributed by atoms with van der Waals surface area (Å²) in [5.41, 5.74) is 0.825. The topological polar surface area (TPSA) is 75.2 Å².